The van der Waals surface area contributed by atoms with Crippen LogP contribution in [0.1, 0.15) is 33.6 Å². The monoisotopic (exact) mass is 390 g/mol. The molecule has 1 saturated carbocycles. The van der Waals surface area contributed by atoms with Gasteiger partial charge in [-0.3, -0.25) is 4.79 Å². The molecule has 2 heterocycles. The summed E-state index contributed by atoms with van der Waals surface area (Å²) in [6, 6.07) is 13.2. The molecule has 1 amide bonds. The van der Waals surface area contributed by atoms with Crippen LogP contribution in [0.2, 0.25) is 0 Å². The number of hydrogen-bond donors (Lipinski definition) is 3. The van der Waals surface area contributed by atoms with Crippen molar-refractivity contribution < 1.29 is 4.79 Å². The Kier molecular flexibility index (Phi) is 5.17. The summed E-state index contributed by atoms with van der Waals surface area (Å²) in [4.78, 5) is 21.8. The molecule has 0 saturated heterocycles. The van der Waals surface area contributed by atoms with Crippen LogP contribution in [0.15, 0.2) is 48.8 Å². The highest BCUT2D eigenvalue weighted by atomic mass is 32.1. The maximum Gasteiger partial charge on any atom is 0.251 e. The molecule has 1 aromatic carbocycles. The fraction of sp³-hybridized carbons (Fsp3) is 0.200. The third kappa shape index (κ3) is 4.45. The highest BCUT2D eigenvalue weighted by Crippen LogP contribution is 2.24. The first-order chi connectivity index (χ1) is 13.7. The molecule has 0 unspecified atom stereocenters. The van der Waals surface area contributed by atoms with Gasteiger partial charge in [0, 0.05) is 28.9 Å². The van der Waals surface area contributed by atoms with E-state index in [1.807, 2.05) is 18.2 Å². The number of thiazole rings is 1. The summed E-state index contributed by atoms with van der Waals surface area (Å²) in [5.41, 5.74) is 1.69. The Hall–Kier alpha value is -3.44. The van der Waals surface area contributed by atoms with Crippen LogP contribution in [0.5, 0.6) is 0 Å². The van der Waals surface area contributed by atoms with Gasteiger partial charge in [0.15, 0.2) is 5.13 Å². The Bertz CT molecular complexity index is 1020. The molecule has 1 aliphatic carbocycles. The predicted molar refractivity (Wildman–Crippen MR) is 109 cm³/mol. The lowest BCUT2D eigenvalue weighted by molar-refractivity contribution is 0.0951. The van der Waals surface area contributed by atoms with Gasteiger partial charge in [0.1, 0.15) is 11.9 Å². The zero-order valence-corrected chi connectivity index (χ0v) is 15.8. The van der Waals surface area contributed by atoms with Gasteiger partial charge in [-0.2, -0.15) is 5.26 Å². The van der Waals surface area contributed by atoms with Crippen LogP contribution >= 0.6 is 11.3 Å². The maximum absolute atomic E-state index is 12.3. The van der Waals surface area contributed by atoms with Crippen molar-refractivity contribution in [2.24, 2.45) is 0 Å². The fourth-order valence-corrected chi connectivity index (χ4v) is 3.36. The van der Waals surface area contributed by atoms with Gasteiger partial charge in [-0.25, -0.2) is 9.97 Å². The third-order valence-electron chi connectivity index (χ3n) is 4.22. The number of hydrogen-bond acceptors (Lipinski definition) is 7. The normalized spacial score (nSPS) is 12.8. The zero-order valence-electron chi connectivity index (χ0n) is 15.0. The minimum atomic E-state index is -0.102. The number of benzene rings is 1. The van der Waals surface area contributed by atoms with Crippen molar-refractivity contribution in [1.82, 2.24) is 15.3 Å². The first-order valence-corrected chi connectivity index (χ1v) is 9.74. The van der Waals surface area contributed by atoms with E-state index in [4.69, 9.17) is 0 Å². The van der Waals surface area contributed by atoms with Crippen LogP contribution in [0.3, 0.4) is 0 Å². The number of nitrogens with one attached hydrogen (secondary N) is 3. The summed E-state index contributed by atoms with van der Waals surface area (Å²) in [6.07, 6.45) is 5.56. The molecule has 28 heavy (non-hydrogen) atoms. The Balaban J connectivity index is 1.42. The molecule has 2 aromatic heterocycles. The van der Waals surface area contributed by atoms with Crippen molar-refractivity contribution in [2.45, 2.75) is 25.4 Å². The largest absolute Gasteiger partial charge is 0.379 e. The molecular formula is C20H18N6OS. The molecule has 3 aromatic rings. The SMILES string of the molecule is N#Cc1ccc(C(=O)NC2CC2)cc1NCc1cnc(Nc2ccccn2)s1. The topological polar surface area (TPSA) is 103 Å². The number of rotatable bonds is 7. The first kappa shape index (κ1) is 17.9. The summed E-state index contributed by atoms with van der Waals surface area (Å²) in [6.45, 7) is 0.504. The first-order valence-electron chi connectivity index (χ1n) is 8.93. The molecule has 0 aliphatic heterocycles. The van der Waals surface area contributed by atoms with E-state index in [0.717, 1.165) is 28.7 Å². The van der Waals surface area contributed by atoms with Crippen molar-refractivity contribution in [3.05, 3.63) is 64.8 Å². The van der Waals surface area contributed by atoms with Gasteiger partial charge in [0.05, 0.1) is 17.8 Å². The van der Waals surface area contributed by atoms with E-state index in [1.54, 1.807) is 30.6 Å². The average Bonchev–Trinajstić information content (AvgIpc) is 3.43. The molecule has 0 bridgehead atoms. The molecule has 4 rings (SSSR count). The number of anilines is 3. The molecule has 140 valence electrons. The van der Waals surface area contributed by atoms with Crippen LogP contribution in [0.25, 0.3) is 0 Å². The van der Waals surface area contributed by atoms with Crippen molar-refractivity contribution in [3.63, 3.8) is 0 Å². The second kappa shape index (κ2) is 8.06. The second-order valence-corrected chi connectivity index (χ2v) is 7.56. The second-order valence-electron chi connectivity index (χ2n) is 6.45. The summed E-state index contributed by atoms with van der Waals surface area (Å²) < 4.78 is 0. The van der Waals surface area contributed by atoms with E-state index < -0.39 is 0 Å². The van der Waals surface area contributed by atoms with Crippen LogP contribution in [-0.2, 0) is 6.54 Å². The number of amides is 1. The van der Waals surface area contributed by atoms with Gasteiger partial charge >= 0.3 is 0 Å². The van der Waals surface area contributed by atoms with Crippen LogP contribution in [0, 0.1) is 11.3 Å². The fourth-order valence-electron chi connectivity index (χ4n) is 2.60. The lowest BCUT2D eigenvalue weighted by atomic mass is 10.1. The average molecular weight is 390 g/mol. The molecule has 8 heteroatoms. The number of carbonyl (C=O) groups excluding carboxylic acids is 1. The predicted octanol–water partition coefficient (Wildman–Crippen LogP) is 3.66. The Morgan fingerprint density at radius 2 is 2.14 bits per heavy atom. The van der Waals surface area contributed by atoms with Gasteiger partial charge in [0.25, 0.3) is 5.91 Å². The van der Waals surface area contributed by atoms with Crippen LogP contribution < -0.4 is 16.0 Å². The summed E-state index contributed by atoms with van der Waals surface area (Å²) in [5, 5.41) is 19.5. The highest BCUT2D eigenvalue weighted by molar-refractivity contribution is 7.15. The number of pyridine rings is 1. The van der Waals surface area contributed by atoms with Crippen molar-refractivity contribution >= 4 is 33.9 Å². The van der Waals surface area contributed by atoms with Gasteiger partial charge in [-0.1, -0.05) is 17.4 Å². The minimum absolute atomic E-state index is 0.102. The van der Waals surface area contributed by atoms with Gasteiger partial charge < -0.3 is 16.0 Å². The smallest absolute Gasteiger partial charge is 0.251 e. The van der Waals surface area contributed by atoms with Gasteiger partial charge in [-0.15, -0.1) is 0 Å². The van der Waals surface area contributed by atoms with E-state index >= 15 is 0 Å². The standard InChI is InChI=1S/C20H18N6OS/c21-10-14-5-4-13(19(27)25-15-6-7-15)9-17(14)23-11-16-12-24-20(28-16)26-18-3-1-2-8-22-18/h1-5,8-9,12,15,23H,6-7,11H2,(H,25,27)(H,22,24,26). The Labute approximate surface area is 166 Å². The summed E-state index contributed by atoms with van der Waals surface area (Å²) in [5.74, 6) is 0.632. The maximum atomic E-state index is 12.3. The molecule has 0 radical (unpaired) electrons. The van der Waals surface area contributed by atoms with E-state index in [0.29, 0.717) is 29.4 Å². The number of carbonyl (C=O) groups is 1. The van der Waals surface area contributed by atoms with E-state index in [1.165, 1.54) is 11.3 Å². The van der Waals surface area contributed by atoms with Crippen LogP contribution in [-0.4, -0.2) is 21.9 Å². The summed E-state index contributed by atoms with van der Waals surface area (Å²) in [7, 11) is 0. The molecule has 0 atom stereocenters. The minimum Gasteiger partial charge on any atom is -0.379 e. The van der Waals surface area contributed by atoms with Crippen LogP contribution in [0.4, 0.5) is 16.6 Å². The number of nitrogens with zero attached hydrogens (tertiary/aromatic N) is 3. The Morgan fingerprint density at radius 1 is 1.25 bits per heavy atom. The molecule has 3 N–H and O–H groups in total. The Morgan fingerprint density at radius 3 is 2.89 bits per heavy atom. The summed E-state index contributed by atoms with van der Waals surface area (Å²) >= 11 is 1.50. The van der Waals surface area contributed by atoms with Crippen molar-refractivity contribution in [3.8, 4) is 6.07 Å². The quantitative estimate of drug-likeness (QED) is 0.569. The molecule has 0 spiro atoms. The molecule has 1 aliphatic rings. The third-order valence-corrected chi connectivity index (χ3v) is 5.13. The lowest BCUT2D eigenvalue weighted by Crippen LogP contribution is -2.25. The highest BCUT2D eigenvalue weighted by Gasteiger charge is 2.24. The number of aromatic nitrogens is 2. The van der Waals surface area contributed by atoms with E-state index in [-0.39, 0.29) is 5.91 Å². The molecule has 7 nitrogen and oxygen atoms in total. The molecule has 1 fully saturated rings. The van der Waals surface area contributed by atoms with Gasteiger partial charge in [0.2, 0.25) is 0 Å². The number of nitriles is 1. The van der Waals surface area contributed by atoms with Crippen molar-refractivity contribution in [1.29, 1.82) is 5.26 Å². The van der Waals surface area contributed by atoms with Gasteiger partial charge in [-0.05, 0) is 43.2 Å². The zero-order chi connectivity index (χ0) is 19.3. The lowest BCUT2D eigenvalue weighted by Gasteiger charge is -2.10. The van der Waals surface area contributed by atoms with Crippen molar-refractivity contribution in [2.75, 3.05) is 10.6 Å². The van der Waals surface area contributed by atoms with E-state index in [2.05, 4.69) is 32.0 Å². The van der Waals surface area contributed by atoms with E-state index in [9.17, 15) is 10.1 Å². The molecular weight excluding hydrogens is 372 g/mol.